The van der Waals surface area contributed by atoms with Gasteiger partial charge in [0.25, 0.3) is 5.91 Å². The standard InChI is InChI=1S/C27H21F4N5O2/c28-23-11-18(13-33)3-7-22(23)26(37)35-21-9-10-36(15-21)25(19-4-1-17(12-32)2-5-19)20-6-8-24(34-14-20)38-16-27(29,30)31/h1-8,11,14,21,25H,9-10,15-16H2,(H,35,37). The number of amides is 1. The van der Waals surface area contributed by atoms with Crippen LogP contribution in [0.3, 0.4) is 0 Å². The fourth-order valence-corrected chi connectivity index (χ4v) is 4.32. The number of pyridine rings is 1. The van der Waals surface area contributed by atoms with E-state index >= 15 is 0 Å². The Bertz CT molecular complexity index is 1380. The SMILES string of the molecule is N#Cc1ccc(C(c2ccc(OCC(F)(F)F)nc2)N2CCC(NC(=O)c3ccc(C#N)cc3F)C2)cc1. The van der Waals surface area contributed by atoms with Crippen molar-refractivity contribution in [3.63, 3.8) is 0 Å². The van der Waals surface area contributed by atoms with Gasteiger partial charge >= 0.3 is 6.18 Å². The van der Waals surface area contributed by atoms with E-state index in [9.17, 15) is 22.4 Å². The first-order valence-corrected chi connectivity index (χ1v) is 11.6. The maximum Gasteiger partial charge on any atom is 0.422 e. The number of benzene rings is 2. The van der Waals surface area contributed by atoms with E-state index < -0.39 is 24.5 Å². The van der Waals surface area contributed by atoms with Crippen molar-refractivity contribution in [2.75, 3.05) is 19.7 Å². The lowest BCUT2D eigenvalue weighted by atomic mass is 9.97. The third kappa shape index (κ3) is 6.44. The molecule has 1 amide bonds. The largest absolute Gasteiger partial charge is 0.468 e. The minimum atomic E-state index is -4.49. The first-order chi connectivity index (χ1) is 18.2. The van der Waals surface area contributed by atoms with Crippen molar-refractivity contribution in [3.05, 3.63) is 94.4 Å². The van der Waals surface area contributed by atoms with Crippen LogP contribution in [0.2, 0.25) is 0 Å². The summed E-state index contributed by atoms with van der Waals surface area (Å²) < 4.78 is 56.5. The average Bonchev–Trinajstić information content (AvgIpc) is 3.35. The summed E-state index contributed by atoms with van der Waals surface area (Å²) >= 11 is 0. The lowest BCUT2D eigenvalue weighted by Crippen LogP contribution is -2.38. The number of carbonyl (C=O) groups is 1. The summed E-state index contributed by atoms with van der Waals surface area (Å²) in [7, 11) is 0. The number of nitrogens with one attached hydrogen (secondary N) is 1. The molecule has 194 valence electrons. The van der Waals surface area contributed by atoms with Crippen LogP contribution < -0.4 is 10.1 Å². The molecule has 0 bridgehead atoms. The van der Waals surface area contributed by atoms with Crippen molar-refractivity contribution >= 4 is 5.91 Å². The Morgan fingerprint density at radius 3 is 2.37 bits per heavy atom. The fraction of sp³-hybridized carbons (Fsp3) is 0.259. The second-order valence-corrected chi connectivity index (χ2v) is 8.73. The Kier molecular flexibility index (Phi) is 7.89. The van der Waals surface area contributed by atoms with Gasteiger partial charge in [0.15, 0.2) is 6.61 Å². The van der Waals surface area contributed by atoms with Gasteiger partial charge in [-0.3, -0.25) is 9.69 Å². The molecule has 0 spiro atoms. The van der Waals surface area contributed by atoms with Crippen LogP contribution in [0.15, 0.2) is 60.8 Å². The second-order valence-electron chi connectivity index (χ2n) is 8.73. The van der Waals surface area contributed by atoms with Gasteiger partial charge in [0, 0.05) is 31.4 Å². The third-order valence-corrected chi connectivity index (χ3v) is 6.08. The lowest BCUT2D eigenvalue weighted by molar-refractivity contribution is -0.154. The molecule has 1 N–H and O–H groups in total. The van der Waals surface area contributed by atoms with E-state index in [1.165, 1.54) is 24.4 Å². The van der Waals surface area contributed by atoms with Gasteiger partial charge in [0.1, 0.15) is 5.82 Å². The van der Waals surface area contributed by atoms with Crippen molar-refractivity contribution in [2.24, 2.45) is 0 Å². The van der Waals surface area contributed by atoms with Gasteiger partial charge in [-0.2, -0.15) is 23.7 Å². The zero-order valence-electron chi connectivity index (χ0n) is 19.9. The average molecular weight is 523 g/mol. The van der Waals surface area contributed by atoms with Crippen molar-refractivity contribution in [1.29, 1.82) is 10.5 Å². The number of ether oxygens (including phenoxy) is 1. The number of likely N-dealkylation sites (tertiary alicyclic amines) is 1. The van der Waals surface area contributed by atoms with E-state index in [1.54, 1.807) is 30.3 Å². The molecule has 2 unspecified atom stereocenters. The van der Waals surface area contributed by atoms with E-state index in [0.717, 1.165) is 11.6 Å². The first-order valence-electron chi connectivity index (χ1n) is 11.6. The number of alkyl halides is 3. The molecule has 11 heteroatoms. The smallest absolute Gasteiger partial charge is 0.422 e. The van der Waals surface area contributed by atoms with Crippen molar-refractivity contribution < 1.29 is 27.1 Å². The Labute approximate surface area is 215 Å². The van der Waals surface area contributed by atoms with Crippen LogP contribution >= 0.6 is 0 Å². The highest BCUT2D eigenvalue weighted by atomic mass is 19.4. The fourth-order valence-electron chi connectivity index (χ4n) is 4.32. The zero-order valence-corrected chi connectivity index (χ0v) is 19.9. The van der Waals surface area contributed by atoms with Gasteiger partial charge in [-0.1, -0.05) is 18.2 Å². The highest BCUT2D eigenvalue weighted by molar-refractivity contribution is 5.94. The predicted molar refractivity (Wildman–Crippen MR) is 127 cm³/mol. The van der Waals surface area contributed by atoms with E-state index in [4.69, 9.17) is 15.3 Å². The van der Waals surface area contributed by atoms with Gasteiger partial charge in [0.05, 0.1) is 34.9 Å². The minimum Gasteiger partial charge on any atom is -0.468 e. The van der Waals surface area contributed by atoms with Gasteiger partial charge in [-0.15, -0.1) is 0 Å². The molecule has 3 aromatic rings. The van der Waals surface area contributed by atoms with Gasteiger partial charge in [-0.05, 0) is 47.9 Å². The molecule has 2 atom stereocenters. The molecule has 7 nitrogen and oxygen atoms in total. The second kappa shape index (κ2) is 11.3. The molecular formula is C27H21F4N5O2. The van der Waals surface area contributed by atoms with Crippen LogP contribution in [0.5, 0.6) is 5.88 Å². The van der Waals surface area contributed by atoms with Crippen LogP contribution in [0.25, 0.3) is 0 Å². The van der Waals surface area contributed by atoms with Crippen LogP contribution in [0.4, 0.5) is 17.6 Å². The number of aromatic nitrogens is 1. The van der Waals surface area contributed by atoms with Crippen LogP contribution in [-0.4, -0.2) is 47.7 Å². The normalized spacial score (nSPS) is 16.3. The van der Waals surface area contributed by atoms with Gasteiger partial charge in [0.2, 0.25) is 5.88 Å². The van der Waals surface area contributed by atoms with Crippen LogP contribution in [0.1, 0.15) is 45.1 Å². The molecule has 38 heavy (non-hydrogen) atoms. The van der Waals surface area contributed by atoms with Crippen molar-refractivity contribution in [2.45, 2.75) is 24.7 Å². The number of nitriles is 2. The van der Waals surface area contributed by atoms with Gasteiger partial charge < -0.3 is 10.1 Å². The maximum absolute atomic E-state index is 14.3. The molecule has 1 fully saturated rings. The summed E-state index contributed by atoms with van der Waals surface area (Å²) in [5.41, 5.74) is 1.92. The number of nitrogens with zero attached hydrogens (tertiary/aromatic N) is 4. The monoisotopic (exact) mass is 523 g/mol. The summed E-state index contributed by atoms with van der Waals surface area (Å²) in [6.07, 6.45) is -2.48. The molecule has 1 saturated heterocycles. The molecule has 4 rings (SSSR count). The number of hydrogen-bond acceptors (Lipinski definition) is 6. The summed E-state index contributed by atoms with van der Waals surface area (Å²) in [6, 6.07) is 16.7. The molecule has 2 heterocycles. The molecule has 1 aliphatic rings. The van der Waals surface area contributed by atoms with E-state index in [2.05, 4.69) is 21.3 Å². The summed E-state index contributed by atoms with van der Waals surface area (Å²) in [5.74, 6) is -1.55. The molecule has 0 saturated carbocycles. The highest BCUT2D eigenvalue weighted by Gasteiger charge is 2.32. The van der Waals surface area contributed by atoms with E-state index in [1.807, 2.05) is 6.07 Å². The summed E-state index contributed by atoms with van der Waals surface area (Å²) in [5, 5.41) is 20.9. The van der Waals surface area contributed by atoms with Crippen LogP contribution in [0, 0.1) is 28.5 Å². The van der Waals surface area contributed by atoms with Crippen molar-refractivity contribution in [3.8, 4) is 18.0 Å². The maximum atomic E-state index is 14.3. The topological polar surface area (TPSA) is 102 Å². The van der Waals surface area contributed by atoms with Gasteiger partial charge in [-0.25, -0.2) is 9.37 Å². The summed E-state index contributed by atoms with van der Waals surface area (Å²) in [4.78, 5) is 18.8. The Morgan fingerprint density at radius 1 is 1.08 bits per heavy atom. The van der Waals surface area contributed by atoms with E-state index in [0.29, 0.717) is 30.6 Å². The zero-order chi connectivity index (χ0) is 27.3. The molecule has 0 aliphatic carbocycles. The molecule has 0 radical (unpaired) electrons. The first kappa shape index (κ1) is 26.6. The predicted octanol–water partition coefficient (Wildman–Crippen LogP) is 4.50. The molecule has 1 aromatic heterocycles. The Morgan fingerprint density at radius 2 is 1.76 bits per heavy atom. The van der Waals surface area contributed by atoms with Crippen molar-refractivity contribution in [1.82, 2.24) is 15.2 Å². The summed E-state index contributed by atoms with van der Waals surface area (Å²) in [6.45, 7) is -0.496. The Balaban J connectivity index is 1.52. The van der Waals surface area contributed by atoms with Crippen LogP contribution in [-0.2, 0) is 0 Å². The number of hydrogen-bond donors (Lipinski definition) is 1. The number of carbonyl (C=O) groups excluding carboxylic acids is 1. The minimum absolute atomic E-state index is 0.111. The highest BCUT2D eigenvalue weighted by Crippen LogP contribution is 2.32. The Hall–Kier alpha value is -4.48. The quantitative estimate of drug-likeness (QED) is 0.458. The molecule has 1 aliphatic heterocycles. The van der Waals surface area contributed by atoms with E-state index in [-0.39, 0.29) is 29.1 Å². The third-order valence-electron chi connectivity index (χ3n) is 6.08. The number of rotatable bonds is 7. The molecule has 2 aromatic carbocycles. The lowest BCUT2D eigenvalue weighted by Gasteiger charge is -2.29. The molecular weight excluding hydrogens is 502 g/mol. The number of halogens is 4.